The van der Waals surface area contributed by atoms with Crippen LogP contribution in [0.5, 0.6) is 5.75 Å². The van der Waals surface area contributed by atoms with Gasteiger partial charge in [-0.2, -0.15) is 0 Å². The Labute approximate surface area is 138 Å². The molecule has 2 rings (SSSR count). The molecule has 0 N–H and O–H groups in total. The predicted octanol–water partition coefficient (Wildman–Crippen LogP) is 3.18. The molecule has 1 aliphatic rings. The Kier molecular flexibility index (Phi) is 6.09. The maximum Gasteiger partial charge on any atom is 0.224 e. The highest BCUT2D eigenvalue weighted by atomic mass is 35.5. The Morgan fingerprint density at radius 2 is 2.23 bits per heavy atom. The maximum absolute atomic E-state index is 12.5. The van der Waals surface area contributed by atoms with Crippen LogP contribution in [0.2, 0.25) is 5.02 Å². The van der Waals surface area contributed by atoms with Gasteiger partial charge in [0, 0.05) is 36.6 Å². The van der Waals surface area contributed by atoms with Gasteiger partial charge in [0.25, 0.3) is 0 Å². The first-order valence-electron chi connectivity index (χ1n) is 7.78. The number of hydrogen-bond donors (Lipinski definition) is 0. The minimum absolute atomic E-state index is 0.167. The van der Waals surface area contributed by atoms with Crippen molar-refractivity contribution in [3.63, 3.8) is 0 Å². The molecular weight excluding hydrogens is 300 g/mol. The molecule has 1 atom stereocenters. The third-order valence-corrected chi connectivity index (χ3v) is 4.64. The van der Waals surface area contributed by atoms with Gasteiger partial charge in [0.15, 0.2) is 0 Å². The van der Waals surface area contributed by atoms with Crippen molar-refractivity contribution in [2.24, 2.45) is 0 Å². The van der Waals surface area contributed by atoms with E-state index in [-0.39, 0.29) is 5.91 Å². The van der Waals surface area contributed by atoms with E-state index < -0.39 is 0 Å². The number of methoxy groups -OCH3 is 1. The summed E-state index contributed by atoms with van der Waals surface area (Å²) in [6, 6.07) is 5.86. The standard InChI is InChI=1S/C17H25ClN2O2/c1-19-9-5-4-6-15(19)11-17(21)20(2)12-13-10-14(18)7-8-16(13)22-3/h7-8,10,15H,4-6,9,11-12H2,1-3H3/t15-/m1/s1. The molecule has 1 aromatic rings. The van der Waals surface area contributed by atoms with Crippen LogP contribution in [0.3, 0.4) is 0 Å². The van der Waals surface area contributed by atoms with E-state index in [1.165, 1.54) is 12.8 Å². The van der Waals surface area contributed by atoms with Crippen molar-refractivity contribution in [3.8, 4) is 5.75 Å². The Morgan fingerprint density at radius 1 is 1.45 bits per heavy atom. The summed E-state index contributed by atoms with van der Waals surface area (Å²) in [5.41, 5.74) is 0.933. The van der Waals surface area contributed by atoms with Gasteiger partial charge in [0.05, 0.1) is 7.11 Å². The summed E-state index contributed by atoms with van der Waals surface area (Å²) in [6.45, 7) is 1.60. The van der Waals surface area contributed by atoms with Crippen LogP contribution < -0.4 is 4.74 Å². The smallest absolute Gasteiger partial charge is 0.224 e. The summed E-state index contributed by atoms with van der Waals surface area (Å²) in [4.78, 5) is 16.5. The molecule has 0 aliphatic carbocycles. The Bertz CT molecular complexity index is 521. The zero-order chi connectivity index (χ0) is 16.1. The average Bonchev–Trinajstić information content (AvgIpc) is 2.49. The molecule has 1 heterocycles. The molecule has 0 saturated carbocycles. The zero-order valence-corrected chi connectivity index (χ0v) is 14.4. The number of amides is 1. The number of halogens is 1. The van der Waals surface area contributed by atoms with Crippen LogP contribution in [0.1, 0.15) is 31.2 Å². The van der Waals surface area contributed by atoms with Gasteiger partial charge in [-0.25, -0.2) is 0 Å². The van der Waals surface area contributed by atoms with E-state index in [4.69, 9.17) is 16.3 Å². The average molecular weight is 325 g/mol. The molecular formula is C17H25ClN2O2. The summed E-state index contributed by atoms with van der Waals surface area (Å²) in [5, 5.41) is 0.656. The van der Waals surface area contributed by atoms with Crippen molar-refractivity contribution in [1.82, 2.24) is 9.80 Å². The molecule has 0 aromatic heterocycles. The van der Waals surface area contributed by atoms with Crippen LogP contribution in [0.15, 0.2) is 18.2 Å². The highest BCUT2D eigenvalue weighted by Crippen LogP contribution is 2.24. The highest BCUT2D eigenvalue weighted by molar-refractivity contribution is 6.30. The number of ether oxygens (including phenoxy) is 1. The van der Waals surface area contributed by atoms with Crippen LogP contribution in [0.4, 0.5) is 0 Å². The minimum Gasteiger partial charge on any atom is -0.496 e. The van der Waals surface area contributed by atoms with Crippen molar-refractivity contribution in [2.75, 3.05) is 27.7 Å². The number of piperidine rings is 1. The quantitative estimate of drug-likeness (QED) is 0.834. The summed E-state index contributed by atoms with van der Waals surface area (Å²) >= 11 is 6.05. The van der Waals surface area contributed by atoms with Crippen LogP contribution in [-0.4, -0.2) is 49.5 Å². The molecule has 122 valence electrons. The lowest BCUT2D eigenvalue weighted by atomic mass is 9.99. The molecule has 1 saturated heterocycles. The first-order chi connectivity index (χ1) is 10.5. The largest absolute Gasteiger partial charge is 0.496 e. The van der Waals surface area contributed by atoms with Gasteiger partial charge < -0.3 is 14.5 Å². The number of rotatable bonds is 5. The number of nitrogens with zero attached hydrogens (tertiary/aromatic N) is 2. The van der Waals surface area contributed by atoms with E-state index in [0.29, 0.717) is 24.0 Å². The second-order valence-electron chi connectivity index (χ2n) is 6.04. The van der Waals surface area contributed by atoms with Gasteiger partial charge in [0.2, 0.25) is 5.91 Å². The second kappa shape index (κ2) is 7.84. The molecule has 1 aromatic carbocycles. The van der Waals surface area contributed by atoms with Gasteiger partial charge in [0.1, 0.15) is 5.75 Å². The fourth-order valence-corrected chi connectivity index (χ4v) is 3.17. The summed E-state index contributed by atoms with van der Waals surface area (Å²) in [5.74, 6) is 0.930. The summed E-state index contributed by atoms with van der Waals surface area (Å²) < 4.78 is 5.34. The molecule has 1 aliphatic heterocycles. The van der Waals surface area contributed by atoms with Gasteiger partial charge in [-0.1, -0.05) is 18.0 Å². The van der Waals surface area contributed by atoms with Crippen LogP contribution in [0.25, 0.3) is 0 Å². The normalized spacial score (nSPS) is 19.0. The van der Waals surface area contributed by atoms with E-state index in [2.05, 4.69) is 11.9 Å². The summed E-state index contributed by atoms with van der Waals surface area (Å²) in [6.07, 6.45) is 4.14. The van der Waals surface area contributed by atoms with E-state index in [0.717, 1.165) is 24.3 Å². The Morgan fingerprint density at radius 3 is 2.91 bits per heavy atom. The fraction of sp³-hybridized carbons (Fsp3) is 0.588. The molecule has 0 bridgehead atoms. The Hall–Kier alpha value is -1.26. The fourth-order valence-electron chi connectivity index (χ4n) is 2.97. The molecule has 1 amide bonds. The van der Waals surface area contributed by atoms with Crippen LogP contribution in [0, 0.1) is 0 Å². The van der Waals surface area contributed by atoms with Crippen molar-refractivity contribution in [1.29, 1.82) is 0 Å². The van der Waals surface area contributed by atoms with Crippen molar-refractivity contribution in [3.05, 3.63) is 28.8 Å². The number of benzene rings is 1. The molecule has 0 unspecified atom stereocenters. The number of carbonyl (C=O) groups excluding carboxylic acids is 1. The van der Waals surface area contributed by atoms with E-state index in [1.807, 2.05) is 19.2 Å². The molecule has 1 fully saturated rings. The topological polar surface area (TPSA) is 32.8 Å². The molecule has 4 nitrogen and oxygen atoms in total. The van der Waals surface area contributed by atoms with Crippen LogP contribution in [-0.2, 0) is 11.3 Å². The first-order valence-corrected chi connectivity index (χ1v) is 8.15. The van der Waals surface area contributed by atoms with Gasteiger partial charge in [-0.05, 0) is 44.6 Å². The Balaban J connectivity index is 1.97. The van der Waals surface area contributed by atoms with E-state index in [1.54, 1.807) is 18.1 Å². The molecule has 5 heteroatoms. The zero-order valence-electron chi connectivity index (χ0n) is 13.6. The maximum atomic E-state index is 12.5. The van der Waals surface area contributed by atoms with E-state index in [9.17, 15) is 4.79 Å². The lowest BCUT2D eigenvalue weighted by molar-refractivity contribution is -0.131. The third-order valence-electron chi connectivity index (χ3n) is 4.41. The van der Waals surface area contributed by atoms with E-state index >= 15 is 0 Å². The van der Waals surface area contributed by atoms with Crippen molar-refractivity contribution in [2.45, 2.75) is 38.3 Å². The summed E-state index contributed by atoms with van der Waals surface area (Å²) in [7, 11) is 5.58. The minimum atomic E-state index is 0.167. The lowest BCUT2D eigenvalue weighted by Crippen LogP contribution is -2.40. The molecule has 22 heavy (non-hydrogen) atoms. The highest BCUT2D eigenvalue weighted by Gasteiger charge is 2.23. The number of hydrogen-bond acceptors (Lipinski definition) is 3. The monoisotopic (exact) mass is 324 g/mol. The SMILES string of the molecule is COc1ccc(Cl)cc1CN(C)C(=O)C[C@H]1CCCCN1C. The third kappa shape index (κ3) is 4.37. The first kappa shape index (κ1) is 17.1. The van der Waals surface area contributed by atoms with Crippen LogP contribution >= 0.6 is 11.6 Å². The second-order valence-corrected chi connectivity index (χ2v) is 6.48. The van der Waals surface area contributed by atoms with Gasteiger partial charge in [-0.15, -0.1) is 0 Å². The number of carbonyl (C=O) groups is 1. The van der Waals surface area contributed by atoms with Gasteiger partial charge in [-0.3, -0.25) is 4.79 Å². The van der Waals surface area contributed by atoms with Crippen molar-refractivity contribution < 1.29 is 9.53 Å². The van der Waals surface area contributed by atoms with Gasteiger partial charge >= 0.3 is 0 Å². The molecule has 0 radical (unpaired) electrons. The lowest BCUT2D eigenvalue weighted by Gasteiger charge is -2.33. The predicted molar refractivity (Wildman–Crippen MR) is 89.4 cm³/mol. The molecule has 0 spiro atoms. The number of likely N-dealkylation sites (tertiary alicyclic amines) is 1. The van der Waals surface area contributed by atoms with Crippen molar-refractivity contribution >= 4 is 17.5 Å².